The summed E-state index contributed by atoms with van der Waals surface area (Å²) in [4.78, 5) is 5.45. The summed E-state index contributed by atoms with van der Waals surface area (Å²) < 4.78 is 0. The molecule has 3 heteroatoms. The fraction of sp³-hybridized carbons (Fsp3) is 0.765. The monoisotopic (exact) mass is 294 g/mol. The van der Waals surface area contributed by atoms with Crippen LogP contribution in [0.1, 0.15) is 56.2 Å². The zero-order valence-electron chi connectivity index (χ0n) is 13.5. The minimum atomic E-state index is 0.198. The van der Waals surface area contributed by atoms with E-state index in [1.165, 1.54) is 42.0 Å². The van der Waals surface area contributed by atoms with Gasteiger partial charge in [-0.25, -0.2) is 0 Å². The highest BCUT2D eigenvalue weighted by molar-refractivity contribution is 7.11. The van der Waals surface area contributed by atoms with Crippen LogP contribution in [0.25, 0.3) is 0 Å². The van der Waals surface area contributed by atoms with Gasteiger partial charge in [0.15, 0.2) is 0 Å². The second-order valence-corrected chi connectivity index (χ2v) is 8.57. The highest BCUT2D eigenvalue weighted by atomic mass is 32.1. The summed E-state index contributed by atoms with van der Waals surface area (Å²) in [6.07, 6.45) is 5.77. The Labute approximate surface area is 128 Å². The topological polar surface area (TPSA) is 15.3 Å². The zero-order chi connectivity index (χ0) is 14.6. The Bertz CT molecular complexity index is 399. The van der Waals surface area contributed by atoms with E-state index in [0.717, 1.165) is 19.0 Å². The number of hydrogen-bond acceptors (Lipinski definition) is 3. The Morgan fingerprint density at radius 2 is 1.85 bits per heavy atom. The van der Waals surface area contributed by atoms with Gasteiger partial charge in [-0.3, -0.25) is 0 Å². The molecule has 1 aliphatic rings. The molecular weight excluding hydrogens is 264 g/mol. The second-order valence-electron chi connectivity index (χ2n) is 7.32. The fourth-order valence-electron chi connectivity index (χ4n) is 2.92. The molecular formula is C17H30N2S. The van der Waals surface area contributed by atoms with E-state index in [-0.39, 0.29) is 5.54 Å². The molecule has 2 nitrogen and oxygen atoms in total. The third-order valence-electron chi connectivity index (χ3n) is 3.98. The molecule has 0 atom stereocenters. The lowest BCUT2D eigenvalue weighted by Crippen LogP contribution is -2.34. The Morgan fingerprint density at radius 3 is 2.50 bits per heavy atom. The average Bonchev–Trinajstić information content (AvgIpc) is 2.97. The first-order valence-electron chi connectivity index (χ1n) is 7.93. The maximum Gasteiger partial charge on any atom is 0.0325 e. The van der Waals surface area contributed by atoms with Crippen molar-refractivity contribution in [1.82, 2.24) is 10.2 Å². The molecule has 20 heavy (non-hydrogen) atoms. The van der Waals surface area contributed by atoms with Crippen LogP contribution < -0.4 is 5.32 Å². The first kappa shape index (κ1) is 16.0. The van der Waals surface area contributed by atoms with Crippen molar-refractivity contribution >= 4 is 11.3 Å². The van der Waals surface area contributed by atoms with Crippen LogP contribution in [0.5, 0.6) is 0 Å². The Morgan fingerprint density at radius 1 is 1.20 bits per heavy atom. The minimum Gasteiger partial charge on any atom is -0.307 e. The lowest BCUT2D eigenvalue weighted by atomic mass is 10.1. The van der Waals surface area contributed by atoms with Gasteiger partial charge in [-0.2, -0.15) is 0 Å². The van der Waals surface area contributed by atoms with Crippen LogP contribution in [0.4, 0.5) is 0 Å². The van der Waals surface area contributed by atoms with Gasteiger partial charge in [-0.15, -0.1) is 11.3 Å². The molecule has 0 aliphatic heterocycles. The summed E-state index contributed by atoms with van der Waals surface area (Å²) in [7, 11) is 2.27. The summed E-state index contributed by atoms with van der Waals surface area (Å²) in [5.41, 5.74) is 0.198. The molecule has 1 aromatic rings. The van der Waals surface area contributed by atoms with E-state index in [1.807, 2.05) is 11.3 Å². The van der Waals surface area contributed by atoms with Crippen LogP contribution in [0.2, 0.25) is 0 Å². The van der Waals surface area contributed by atoms with Gasteiger partial charge in [0, 0.05) is 34.9 Å². The SMILES string of the molecule is CN(Cc1ccc(CNC(C)(C)C)s1)CC1CCCC1. The summed E-state index contributed by atoms with van der Waals surface area (Å²) in [5.74, 6) is 0.946. The van der Waals surface area contributed by atoms with Crippen LogP contribution >= 0.6 is 11.3 Å². The normalized spacial score (nSPS) is 17.2. The fourth-order valence-corrected chi connectivity index (χ4v) is 3.96. The maximum absolute atomic E-state index is 3.56. The molecule has 114 valence electrons. The van der Waals surface area contributed by atoms with Gasteiger partial charge in [-0.05, 0) is 58.7 Å². The van der Waals surface area contributed by atoms with Crippen LogP contribution in [-0.4, -0.2) is 24.0 Å². The van der Waals surface area contributed by atoms with Crippen LogP contribution in [-0.2, 0) is 13.1 Å². The van der Waals surface area contributed by atoms with Crippen molar-refractivity contribution in [1.29, 1.82) is 0 Å². The van der Waals surface area contributed by atoms with E-state index < -0.39 is 0 Å². The Balaban J connectivity index is 1.76. The number of nitrogens with zero attached hydrogens (tertiary/aromatic N) is 1. The molecule has 1 heterocycles. The third-order valence-corrected chi connectivity index (χ3v) is 5.05. The van der Waals surface area contributed by atoms with E-state index in [1.54, 1.807) is 0 Å². The molecule has 0 aromatic carbocycles. The summed E-state index contributed by atoms with van der Waals surface area (Å²) >= 11 is 1.96. The maximum atomic E-state index is 3.56. The number of nitrogens with one attached hydrogen (secondary N) is 1. The Hall–Kier alpha value is -0.380. The van der Waals surface area contributed by atoms with E-state index in [9.17, 15) is 0 Å². The van der Waals surface area contributed by atoms with Crippen LogP contribution in [0, 0.1) is 5.92 Å². The second kappa shape index (κ2) is 7.06. The first-order valence-corrected chi connectivity index (χ1v) is 8.75. The highest BCUT2D eigenvalue weighted by Crippen LogP contribution is 2.26. The van der Waals surface area contributed by atoms with Gasteiger partial charge < -0.3 is 10.2 Å². The van der Waals surface area contributed by atoms with Crippen molar-refractivity contribution in [3.63, 3.8) is 0 Å². The molecule has 1 aliphatic carbocycles. The van der Waals surface area contributed by atoms with E-state index >= 15 is 0 Å². The average molecular weight is 295 g/mol. The van der Waals surface area contributed by atoms with Crippen LogP contribution in [0.3, 0.4) is 0 Å². The van der Waals surface area contributed by atoms with Crippen molar-refractivity contribution in [2.24, 2.45) is 5.92 Å². The predicted octanol–water partition coefficient (Wildman–Crippen LogP) is 4.26. The third kappa shape index (κ3) is 5.55. The number of rotatable bonds is 6. The summed E-state index contributed by atoms with van der Waals surface area (Å²) in [5, 5.41) is 3.56. The van der Waals surface area contributed by atoms with Gasteiger partial charge in [0.1, 0.15) is 0 Å². The van der Waals surface area contributed by atoms with Gasteiger partial charge in [0.2, 0.25) is 0 Å². The molecule has 2 rings (SSSR count). The minimum absolute atomic E-state index is 0.198. The molecule has 1 saturated carbocycles. The molecule has 0 saturated heterocycles. The summed E-state index contributed by atoms with van der Waals surface area (Å²) in [6, 6.07) is 4.58. The first-order chi connectivity index (χ1) is 9.42. The molecule has 1 N–H and O–H groups in total. The van der Waals surface area contributed by atoms with Gasteiger partial charge in [0.25, 0.3) is 0 Å². The summed E-state index contributed by atoms with van der Waals surface area (Å²) in [6.45, 7) is 10.0. The number of hydrogen-bond donors (Lipinski definition) is 1. The van der Waals surface area contributed by atoms with Crippen LogP contribution in [0.15, 0.2) is 12.1 Å². The largest absolute Gasteiger partial charge is 0.307 e. The van der Waals surface area contributed by atoms with Gasteiger partial charge >= 0.3 is 0 Å². The molecule has 1 fully saturated rings. The standard InChI is InChI=1S/C17H30N2S/c1-17(2,3)18-11-15-9-10-16(20-15)13-19(4)12-14-7-5-6-8-14/h9-10,14,18H,5-8,11-13H2,1-4H3. The highest BCUT2D eigenvalue weighted by Gasteiger charge is 2.17. The van der Waals surface area contributed by atoms with Crippen molar-refractivity contribution in [2.45, 2.75) is 65.1 Å². The quantitative estimate of drug-likeness (QED) is 0.843. The lowest BCUT2D eigenvalue weighted by molar-refractivity contribution is 0.273. The van der Waals surface area contributed by atoms with E-state index in [2.05, 4.69) is 50.2 Å². The molecule has 1 aromatic heterocycles. The molecule has 0 unspecified atom stereocenters. The zero-order valence-corrected chi connectivity index (χ0v) is 14.4. The Kier molecular flexibility index (Phi) is 5.65. The van der Waals surface area contributed by atoms with Gasteiger partial charge in [-0.1, -0.05) is 12.8 Å². The number of thiophene rings is 1. The van der Waals surface area contributed by atoms with Crippen molar-refractivity contribution in [3.05, 3.63) is 21.9 Å². The van der Waals surface area contributed by atoms with Gasteiger partial charge in [0.05, 0.1) is 0 Å². The predicted molar refractivity (Wildman–Crippen MR) is 89.2 cm³/mol. The van der Waals surface area contributed by atoms with Crippen molar-refractivity contribution < 1.29 is 0 Å². The van der Waals surface area contributed by atoms with Crippen molar-refractivity contribution in [2.75, 3.05) is 13.6 Å². The van der Waals surface area contributed by atoms with Crippen molar-refractivity contribution in [3.8, 4) is 0 Å². The van der Waals surface area contributed by atoms with E-state index in [4.69, 9.17) is 0 Å². The molecule has 0 bridgehead atoms. The van der Waals surface area contributed by atoms with E-state index in [0.29, 0.717) is 0 Å². The molecule has 0 spiro atoms. The smallest absolute Gasteiger partial charge is 0.0325 e. The molecule has 0 amide bonds. The molecule has 0 radical (unpaired) electrons. The lowest BCUT2D eigenvalue weighted by Gasteiger charge is -2.20.